The molecule has 1 aliphatic heterocycles. The summed E-state index contributed by atoms with van der Waals surface area (Å²) in [6.07, 6.45) is 2.87. The van der Waals surface area contributed by atoms with Gasteiger partial charge in [-0.05, 0) is 72.0 Å². The molecule has 1 N–H and O–H groups in total. The van der Waals surface area contributed by atoms with Crippen molar-refractivity contribution in [2.24, 2.45) is 4.99 Å². The van der Waals surface area contributed by atoms with Crippen molar-refractivity contribution < 1.29 is 9.31 Å². The topological polar surface area (TPSA) is 42.9 Å². The zero-order valence-corrected chi connectivity index (χ0v) is 16.4. The van der Waals surface area contributed by atoms with E-state index < -0.39 is 0 Å². The molecular formula is C19H31BN2O2. The Hall–Kier alpha value is -1.33. The van der Waals surface area contributed by atoms with Crippen LogP contribution >= 0.6 is 0 Å². The minimum atomic E-state index is -0.352. The maximum Gasteiger partial charge on any atom is 0.495 e. The van der Waals surface area contributed by atoms with Gasteiger partial charge in [0.25, 0.3) is 0 Å². The lowest BCUT2D eigenvalue weighted by molar-refractivity contribution is 0.00578. The smallest absolute Gasteiger partial charge is 0.399 e. The number of anilines is 1. The van der Waals surface area contributed by atoms with E-state index >= 15 is 0 Å². The number of rotatable bonds is 5. The molecule has 0 bridgehead atoms. The summed E-state index contributed by atoms with van der Waals surface area (Å²) in [7, 11) is -0.348. The third kappa shape index (κ3) is 3.84. The molecule has 0 amide bonds. The van der Waals surface area contributed by atoms with Gasteiger partial charge < -0.3 is 14.6 Å². The van der Waals surface area contributed by atoms with Gasteiger partial charge in [-0.1, -0.05) is 19.1 Å². The zero-order chi connectivity index (χ0) is 18.2. The lowest BCUT2D eigenvalue weighted by Crippen LogP contribution is -2.41. The van der Waals surface area contributed by atoms with Gasteiger partial charge in [0.2, 0.25) is 0 Å². The van der Waals surface area contributed by atoms with Crippen LogP contribution in [0, 0.1) is 6.92 Å². The molecule has 0 unspecified atom stereocenters. The van der Waals surface area contributed by atoms with Crippen molar-refractivity contribution in [3.8, 4) is 0 Å². The predicted octanol–water partition coefficient (Wildman–Crippen LogP) is 3.92. The Morgan fingerprint density at radius 1 is 1.17 bits per heavy atom. The second kappa shape index (κ2) is 6.53. The van der Waals surface area contributed by atoms with Gasteiger partial charge in [-0.25, -0.2) is 0 Å². The molecule has 0 aliphatic carbocycles. The van der Waals surface area contributed by atoms with Crippen molar-refractivity contribution in [2.45, 2.75) is 78.7 Å². The molecule has 5 heteroatoms. The Morgan fingerprint density at radius 2 is 1.75 bits per heavy atom. The third-order valence-corrected chi connectivity index (χ3v) is 4.92. The molecule has 4 nitrogen and oxygen atoms in total. The summed E-state index contributed by atoms with van der Waals surface area (Å²) < 4.78 is 12.4. The minimum absolute atomic E-state index is 0.335. The molecule has 1 saturated heterocycles. The second-order valence-electron chi connectivity index (χ2n) is 8.01. The van der Waals surface area contributed by atoms with Gasteiger partial charge in [0.05, 0.1) is 11.2 Å². The molecule has 0 spiro atoms. The van der Waals surface area contributed by atoms with Crippen molar-refractivity contribution in [1.82, 2.24) is 0 Å². The van der Waals surface area contributed by atoms with Crippen molar-refractivity contribution in [2.75, 3.05) is 5.32 Å². The van der Waals surface area contributed by atoms with Crippen LogP contribution in [0.4, 0.5) is 5.69 Å². The second-order valence-corrected chi connectivity index (χ2v) is 8.01. The highest BCUT2D eigenvalue weighted by Crippen LogP contribution is 2.37. The van der Waals surface area contributed by atoms with Gasteiger partial charge in [0.15, 0.2) is 0 Å². The largest absolute Gasteiger partial charge is 0.495 e. The van der Waals surface area contributed by atoms with E-state index in [1.54, 1.807) is 0 Å². The van der Waals surface area contributed by atoms with E-state index in [-0.39, 0.29) is 24.0 Å². The van der Waals surface area contributed by atoms with E-state index in [1.807, 2.05) is 12.3 Å². The fraction of sp³-hybridized carbons (Fsp3) is 0.632. The van der Waals surface area contributed by atoms with Crippen LogP contribution < -0.4 is 10.8 Å². The maximum absolute atomic E-state index is 6.20. The molecule has 24 heavy (non-hydrogen) atoms. The average Bonchev–Trinajstić information content (AvgIpc) is 2.67. The molecule has 0 saturated carbocycles. The summed E-state index contributed by atoms with van der Waals surface area (Å²) >= 11 is 0. The van der Waals surface area contributed by atoms with Crippen molar-refractivity contribution >= 4 is 24.5 Å². The van der Waals surface area contributed by atoms with E-state index in [2.05, 4.69) is 77.8 Å². The number of hydrogen-bond acceptors (Lipinski definition) is 4. The maximum atomic E-state index is 6.20. The van der Waals surface area contributed by atoms with Crippen LogP contribution in [0.2, 0.25) is 0 Å². The standard InChI is InChI=1S/C19H31BN2O2/c1-9-13-21-19(7,8)22-16-12-10-11-15(14(16)2)20-23-17(3,4)18(5,6)24-20/h10-13,22H,9H2,1-8H3/b21-13-. The number of aliphatic imine (C=N–C) groups is 1. The first-order chi connectivity index (χ1) is 11.0. The SMILES string of the molecule is CC/C=N\C(C)(C)Nc1cccc(B2OC(C)(C)C(C)(C)O2)c1C. The van der Waals surface area contributed by atoms with Crippen LogP contribution in [0.3, 0.4) is 0 Å². The monoisotopic (exact) mass is 330 g/mol. The summed E-state index contributed by atoms with van der Waals surface area (Å²) in [5, 5.41) is 3.52. The Kier molecular flexibility index (Phi) is 5.17. The molecule has 0 aromatic heterocycles. The average molecular weight is 330 g/mol. The highest BCUT2D eigenvalue weighted by molar-refractivity contribution is 6.62. The normalized spacial score (nSPS) is 19.9. The van der Waals surface area contributed by atoms with Crippen LogP contribution in [-0.4, -0.2) is 30.2 Å². The molecule has 1 aromatic rings. The Morgan fingerprint density at radius 3 is 2.29 bits per heavy atom. The molecule has 0 atom stereocenters. The molecular weight excluding hydrogens is 299 g/mol. The summed E-state index contributed by atoms with van der Waals surface area (Å²) in [6.45, 7) is 16.6. The van der Waals surface area contributed by atoms with Crippen molar-refractivity contribution in [3.63, 3.8) is 0 Å². The van der Waals surface area contributed by atoms with Crippen molar-refractivity contribution in [1.29, 1.82) is 0 Å². The summed E-state index contributed by atoms with van der Waals surface area (Å²) in [6, 6.07) is 6.19. The summed E-state index contributed by atoms with van der Waals surface area (Å²) in [4.78, 5) is 4.59. The van der Waals surface area contributed by atoms with Gasteiger partial charge in [-0.15, -0.1) is 0 Å². The molecule has 0 radical (unpaired) electrons. The van der Waals surface area contributed by atoms with Gasteiger partial charge >= 0.3 is 7.12 Å². The predicted molar refractivity (Wildman–Crippen MR) is 103 cm³/mol. The Balaban J connectivity index is 2.28. The number of nitrogens with one attached hydrogen (secondary N) is 1. The lowest BCUT2D eigenvalue weighted by atomic mass is 9.76. The Labute approximate surface area is 147 Å². The number of benzene rings is 1. The molecule has 1 aliphatic rings. The number of nitrogens with zero attached hydrogens (tertiary/aromatic N) is 1. The molecule has 2 rings (SSSR count). The number of hydrogen-bond donors (Lipinski definition) is 1. The van der Waals surface area contributed by atoms with Gasteiger partial charge in [-0.2, -0.15) is 0 Å². The third-order valence-electron chi connectivity index (χ3n) is 4.92. The van der Waals surface area contributed by atoms with Crippen LogP contribution in [-0.2, 0) is 9.31 Å². The van der Waals surface area contributed by atoms with Gasteiger partial charge in [-0.3, -0.25) is 4.99 Å². The van der Waals surface area contributed by atoms with E-state index in [0.29, 0.717) is 0 Å². The first kappa shape index (κ1) is 19.0. The summed E-state index contributed by atoms with van der Waals surface area (Å²) in [5.74, 6) is 0. The fourth-order valence-corrected chi connectivity index (χ4v) is 2.70. The highest BCUT2D eigenvalue weighted by atomic mass is 16.7. The summed E-state index contributed by atoms with van der Waals surface area (Å²) in [5.41, 5.74) is 2.23. The van der Waals surface area contributed by atoms with Crippen LogP contribution in [0.1, 0.15) is 60.5 Å². The molecule has 1 heterocycles. The van der Waals surface area contributed by atoms with E-state index in [1.165, 1.54) is 0 Å². The zero-order valence-electron chi connectivity index (χ0n) is 16.4. The van der Waals surface area contributed by atoms with Crippen LogP contribution in [0.15, 0.2) is 23.2 Å². The first-order valence-electron chi connectivity index (χ1n) is 8.76. The fourth-order valence-electron chi connectivity index (χ4n) is 2.70. The molecule has 1 fully saturated rings. The van der Waals surface area contributed by atoms with E-state index in [9.17, 15) is 0 Å². The first-order valence-corrected chi connectivity index (χ1v) is 8.76. The van der Waals surface area contributed by atoms with Gasteiger partial charge in [0, 0.05) is 11.9 Å². The van der Waals surface area contributed by atoms with Crippen LogP contribution in [0.5, 0.6) is 0 Å². The lowest BCUT2D eigenvalue weighted by Gasteiger charge is -2.32. The van der Waals surface area contributed by atoms with Crippen molar-refractivity contribution in [3.05, 3.63) is 23.8 Å². The quantitative estimate of drug-likeness (QED) is 0.657. The van der Waals surface area contributed by atoms with E-state index in [0.717, 1.165) is 23.1 Å². The molecule has 1 aromatic carbocycles. The van der Waals surface area contributed by atoms with Gasteiger partial charge in [0.1, 0.15) is 5.66 Å². The minimum Gasteiger partial charge on any atom is -0.399 e. The Bertz CT molecular complexity index is 608. The van der Waals surface area contributed by atoms with E-state index in [4.69, 9.17) is 9.31 Å². The highest BCUT2D eigenvalue weighted by Gasteiger charge is 2.52. The molecule has 132 valence electrons. The van der Waals surface area contributed by atoms with Crippen LogP contribution in [0.25, 0.3) is 0 Å².